The summed E-state index contributed by atoms with van der Waals surface area (Å²) in [5.41, 5.74) is 0. The van der Waals surface area contributed by atoms with Crippen LogP contribution in [0.3, 0.4) is 0 Å². The number of amides is 2. The number of piperidine rings is 1. The average molecular weight is 299 g/mol. The summed E-state index contributed by atoms with van der Waals surface area (Å²) in [6.45, 7) is 6.49. The number of carbonyl (C=O) groups excluding carboxylic acids is 1. The van der Waals surface area contributed by atoms with Crippen molar-refractivity contribution in [1.29, 1.82) is 0 Å². The van der Waals surface area contributed by atoms with Gasteiger partial charge >= 0.3 is 12.0 Å². The number of rotatable bonds is 5. The van der Waals surface area contributed by atoms with Crippen LogP contribution >= 0.6 is 0 Å². The van der Waals surface area contributed by atoms with E-state index in [-0.39, 0.29) is 19.2 Å². The number of carboxylic acids is 1. The Labute approximate surface area is 125 Å². The van der Waals surface area contributed by atoms with E-state index in [1.165, 1.54) is 0 Å². The summed E-state index contributed by atoms with van der Waals surface area (Å²) in [4.78, 5) is 25.3. The van der Waals surface area contributed by atoms with Crippen LogP contribution in [0.2, 0.25) is 0 Å². The number of aliphatic carboxylic acids is 1. The standard InChI is InChI=1S/C14H25N3O4/c1-2-17-5-3-10(4-6-17)7-15-14(20)16-12-9-21-8-11(12)13(18)19/h10-12H,2-9H2,1H3,(H,18,19)(H2,15,16,20). The predicted octanol–water partition coefficient (Wildman–Crippen LogP) is 0.117. The van der Waals surface area contributed by atoms with Crippen molar-refractivity contribution in [1.82, 2.24) is 15.5 Å². The number of nitrogens with one attached hydrogen (secondary N) is 2. The maximum absolute atomic E-state index is 11.8. The number of nitrogens with zero attached hydrogens (tertiary/aromatic N) is 1. The molecule has 2 rings (SSSR count). The molecular formula is C14H25N3O4. The number of urea groups is 1. The zero-order valence-electron chi connectivity index (χ0n) is 12.5. The molecule has 2 fully saturated rings. The Morgan fingerprint density at radius 1 is 1.29 bits per heavy atom. The van der Waals surface area contributed by atoms with Crippen LogP contribution in [0, 0.1) is 11.8 Å². The number of hydrogen-bond acceptors (Lipinski definition) is 4. The molecule has 7 heteroatoms. The van der Waals surface area contributed by atoms with Crippen LogP contribution in [-0.2, 0) is 9.53 Å². The van der Waals surface area contributed by atoms with Crippen LogP contribution in [0.25, 0.3) is 0 Å². The molecule has 3 N–H and O–H groups in total. The molecular weight excluding hydrogens is 274 g/mol. The minimum Gasteiger partial charge on any atom is -0.481 e. The second-order valence-corrected chi connectivity index (χ2v) is 5.82. The Hall–Kier alpha value is -1.34. The summed E-state index contributed by atoms with van der Waals surface area (Å²) in [5.74, 6) is -1.07. The van der Waals surface area contributed by atoms with Crippen molar-refractivity contribution in [2.45, 2.75) is 25.8 Å². The quantitative estimate of drug-likeness (QED) is 0.670. The number of likely N-dealkylation sites (tertiary alicyclic amines) is 1. The monoisotopic (exact) mass is 299 g/mol. The Morgan fingerprint density at radius 2 is 2.00 bits per heavy atom. The van der Waals surface area contributed by atoms with Crippen LogP contribution in [0.1, 0.15) is 19.8 Å². The smallest absolute Gasteiger partial charge is 0.315 e. The Kier molecular flexibility index (Phi) is 5.81. The number of carbonyl (C=O) groups is 2. The van der Waals surface area contributed by atoms with E-state index in [1.807, 2.05) is 0 Å². The lowest BCUT2D eigenvalue weighted by Crippen LogP contribution is -2.48. The first-order chi connectivity index (χ1) is 10.1. The summed E-state index contributed by atoms with van der Waals surface area (Å²) >= 11 is 0. The van der Waals surface area contributed by atoms with Gasteiger partial charge in [-0.15, -0.1) is 0 Å². The van der Waals surface area contributed by atoms with Crippen molar-refractivity contribution >= 4 is 12.0 Å². The SMILES string of the molecule is CCN1CCC(CNC(=O)NC2COCC2C(=O)O)CC1. The molecule has 2 aliphatic rings. The highest BCUT2D eigenvalue weighted by Crippen LogP contribution is 2.16. The van der Waals surface area contributed by atoms with Crippen LogP contribution in [0.5, 0.6) is 0 Å². The lowest BCUT2D eigenvalue weighted by Gasteiger charge is -2.31. The molecule has 0 aromatic heterocycles. The van der Waals surface area contributed by atoms with E-state index in [2.05, 4.69) is 22.5 Å². The Bertz CT molecular complexity index is 369. The van der Waals surface area contributed by atoms with Crippen LogP contribution < -0.4 is 10.6 Å². The minimum absolute atomic E-state index is 0.162. The molecule has 2 saturated heterocycles. The molecule has 2 heterocycles. The van der Waals surface area contributed by atoms with Crippen molar-refractivity contribution in [2.75, 3.05) is 39.4 Å². The molecule has 0 aliphatic carbocycles. The van der Waals surface area contributed by atoms with Gasteiger partial charge in [-0.05, 0) is 38.4 Å². The van der Waals surface area contributed by atoms with E-state index >= 15 is 0 Å². The van der Waals surface area contributed by atoms with Gasteiger partial charge in [0.25, 0.3) is 0 Å². The molecule has 21 heavy (non-hydrogen) atoms. The van der Waals surface area contributed by atoms with Gasteiger partial charge in [0.15, 0.2) is 0 Å². The van der Waals surface area contributed by atoms with Crippen molar-refractivity contribution in [2.24, 2.45) is 11.8 Å². The average Bonchev–Trinajstić information content (AvgIpc) is 2.94. The Balaban J connectivity index is 1.67. The molecule has 2 aliphatic heterocycles. The van der Waals surface area contributed by atoms with Crippen molar-refractivity contribution < 1.29 is 19.4 Å². The third kappa shape index (κ3) is 4.57. The van der Waals surface area contributed by atoms with E-state index in [1.54, 1.807) is 0 Å². The Morgan fingerprint density at radius 3 is 2.62 bits per heavy atom. The van der Waals surface area contributed by atoms with Gasteiger partial charge in [-0.1, -0.05) is 6.92 Å². The van der Waals surface area contributed by atoms with E-state index in [9.17, 15) is 9.59 Å². The number of hydrogen-bond donors (Lipinski definition) is 3. The lowest BCUT2D eigenvalue weighted by molar-refractivity contribution is -0.142. The largest absolute Gasteiger partial charge is 0.481 e. The first-order valence-electron chi connectivity index (χ1n) is 7.67. The molecule has 0 radical (unpaired) electrons. The van der Waals surface area contributed by atoms with Crippen molar-refractivity contribution in [3.05, 3.63) is 0 Å². The number of carboxylic acid groups (broad SMARTS) is 1. The molecule has 0 saturated carbocycles. The van der Waals surface area contributed by atoms with Crippen LogP contribution in [0.15, 0.2) is 0 Å². The molecule has 2 amide bonds. The van der Waals surface area contributed by atoms with Crippen LogP contribution in [-0.4, -0.2) is 67.4 Å². The molecule has 0 aromatic rings. The molecule has 0 bridgehead atoms. The third-order valence-electron chi connectivity index (χ3n) is 4.42. The number of ether oxygens (including phenoxy) is 1. The summed E-state index contributed by atoms with van der Waals surface area (Å²) in [7, 11) is 0. The highest BCUT2D eigenvalue weighted by molar-refractivity contribution is 5.77. The maximum atomic E-state index is 11.8. The molecule has 0 aromatic carbocycles. The highest BCUT2D eigenvalue weighted by Gasteiger charge is 2.35. The first-order valence-corrected chi connectivity index (χ1v) is 7.67. The zero-order chi connectivity index (χ0) is 15.2. The third-order valence-corrected chi connectivity index (χ3v) is 4.42. The fraction of sp³-hybridized carbons (Fsp3) is 0.857. The summed E-state index contributed by atoms with van der Waals surface area (Å²) < 4.78 is 5.12. The molecule has 7 nitrogen and oxygen atoms in total. The van der Waals surface area contributed by atoms with Gasteiger partial charge in [-0.3, -0.25) is 4.79 Å². The van der Waals surface area contributed by atoms with Gasteiger partial charge in [-0.2, -0.15) is 0 Å². The molecule has 0 spiro atoms. The fourth-order valence-electron chi connectivity index (χ4n) is 2.90. The minimum atomic E-state index is -0.926. The van der Waals surface area contributed by atoms with Gasteiger partial charge in [0.05, 0.1) is 19.3 Å². The van der Waals surface area contributed by atoms with Crippen molar-refractivity contribution in [3.8, 4) is 0 Å². The highest BCUT2D eigenvalue weighted by atomic mass is 16.5. The second-order valence-electron chi connectivity index (χ2n) is 5.82. The molecule has 120 valence electrons. The van der Waals surface area contributed by atoms with Gasteiger partial charge in [-0.25, -0.2) is 4.79 Å². The maximum Gasteiger partial charge on any atom is 0.315 e. The summed E-state index contributed by atoms with van der Waals surface area (Å²) in [6, 6.07) is -0.737. The zero-order valence-corrected chi connectivity index (χ0v) is 12.5. The van der Waals surface area contributed by atoms with E-state index in [0.29, 0.717) is 12.5 Å². The van der Waals surface area contributed by atoms with Gasteiger partial charge < -0.3 is 25.4 Å². The van der Waals surface area contributed by atoms with Crippen molar-refractivity contribution in [3.63, 3.8) is 0 Å². The summed E-state index contributed by atoms with van der Waals surface area (Å²) in [5, 5.41) is 14.6. The van der Waals surface area contributed by atoms with E-state index < -0.39 is 17.9 Å². The molecule has 2 unspecified atom stereocenters. The molecule has 2 atom stereocenters. The normalized spacial score (nSPS) is 27.5. The lowest BCUT2D eigenvalue weighted by atomic mass is 9.97. The van der Waals surface area contributed by atoms with Gasteiger partial charge in [0.1, 0.15) is 5.92 Å². The van der Waals surface area contributed by atoms with Gasteiger partial charge in [0.2, 0.25) is 0 Å². The van der Waals surface area contributed by atoms with E-state index in [4.69, 9.17) is 9.84 Å². The van der Waals surface area contributed by atoms with E-state index in [0.717, 1.165) is 32.5 Å². The topological polar surface area (TPSA) is 90.9 Å². The van der Waals surface area contributed by atoms with Crippen LogP contribution in [0.4, 0.5) is 4.79 Å². The second kappa shape index (κ2) is 7.61. The summed E-state index contributed by atoms with van der Waals surface area (Å²) in [6.07, 6.45) is 2.19. The predicted molar refractivity (Wildman–Crippen MR) is 77.1 cm³/mol. The first kappa shape index (κ1) is 16.0. The van der Waals surface area contributed by atoms with Gasteiger partial charge in [0, 0.05) is 6.54 Å². The fourth-order valence-corrected chi connectivity index (χ4v) is 2.90.